The van der Waals surface area contributed by atoms with Crippen molar-refractivity contribution in [2.24, 2.45) is 0 Å². The molecule has 0 radical (unpaired) electrons. The van der Waals surface area contributed by atoms with Crippen molar-refractivity contribution >= 4 is 6.29 Å². The van der Waals surface area contributed by atoms with E-state index in [2.05, 4.69) is 39.2 Å². The van der Waals surface area contributed by atoms with Gasteiger partial charge in [0.05, 0.1) is 12.1 Å². The topological polar surface area (TPSA) is 49.6 Å². The van der Waals surface area contributed by atoms with Crippen molar-refractivity contribution < 1.29 is 13.7 Å². The highest BCUT2D eigenvalue weighted by Gasteiger charge is 2.41. The largest absolute Gasteiger partial charge is 0.359 e. The minimum absolute atomic E-state index is 0.311. The van der Waals surface area contributed by atoms with Crippen LogP contribution in [-0.2, 0) is 16.9 Å². The molecule has 1 aliphatic heterocycles. The van der Waals surface area contributed by atoms with Gasteiger partial charge in [-0.2, -0.15) is 0 Å². The Hall–Kier alpha value is -3.61. The summed E-state index contributed by atoms with van der Waals surface area (Å²) in [6.45, 7) is 3.83. The fraction of sp³-hybridized carbons (Fsp3) is 0.241. The third kappa shape index (κ3) is 4.67. The second kappa shape index (κ2) is 10.3. The Morgan fingerprint density at radius 2 is 1.46 bits per heavy atom. The molecule has 0 unspecified atom stereocenters. The van der Waals surface area contributed by atoms with E-state index in [0.717, 1.165) is 43.6 Å². The molecule has 0 spiro atoms. The molecular weight excluding hydrogens is 441 g/mol. The summed E-state index contributed by atoms with van der Waals surface area (Å²) < 4.78 is 19.6. The van der Waals surface area contributed by atoms with Gasteiger partial charge in [0.15, 0.2) is 5.76 Å². The zero-order valence-corrected chi connectivity index (χ0v) is 19.5. The molecule has 0 saturated carbocycles. The summed E-state index contributed by atoms with van der Waals surface area (Å²) in [6.07, 6.45) is 1.42. The lowest BCUT2D eigenvalue weighted by molar-refractivity contribution is -0.110. The Bertz CT molecular complexity index is 1210. The van der Waals surface area contributed by atoms with Gasteiger partial charge in [0.25, 0.3) is 0 Å². The lowest BCUT2D eigenvalue weighted by Gasteiger charge is -2.48. The Labute approximate surface area is 204 Å². The number of aldehydes is 1. The predicted molar refractivity (Wildman–Crippen MR) is 133 cm³/mol. The highest BCUT2D eigenvalue weighted by Crippen LogP contribution is 2.39. The smallest absolute Gasteiger partial charge is 0.151 e. The first-order valence-corrected chi connectivity index (χ1v) is 11.9. The van der Waals surface area contributed by atoms with Crippen LogP contribution in [0.25, 0.3) is 11.3 Å². The van der Waals surface area contributed by atoms with E-state index < -0.39 is 5.54 Å². The van der Waals surface area contributed by atoms with Gasteiger partial charge in [-0.1, -0.05) is 78.0 Å². The van der Waals surface area contributed by atoms with E-state index >= 15 is 0 Å². The summed E-state index contributed by atoms with van der Waals surface area (Å²) in [5, 5.41) is 4.08. The molecule has 3 aromatic carbocycles. The van der Waals surface area contributed by atoms with Gasteiger partial charge in [0, 0.05) is 44.2 Å². The number of aromatic nitrogens is 1. The molecule has 0 N–H and O–H groups in total. The Kier molecular flexibility index (Phi) is 6.84. The zero-order valence-electron chi connectivity index (χ0n) is 19.5. The average molecular weight is 470 g/mol. The number of benzene rings is 3. The molecule has 1 aromatic heterocycles. The molecular formula is C29H28FN3O2. The van der Waals surface area contributed by atoms with Gasteiger partial charge in [0.2, 0.25) is 0 Å². The van der Waals surface area contributed by atoms with Gasteiger partial charge < -0.3 is 9.32 Å². The molecule has 5 nitrogen and oxygen atoms in total. The van der Waals surface area contributed by atoms with Crippen LogP contribution >= 0.6 is 0 Å². The maximum absolute atomic E-state index is 14.1. The molecule has 178 valence electrons. The van der Waals surface area contributed by atoms with Gasteiger partial charge in [-0.05, 0) is 23.3 Å². The summed E-state index contributed by atoms with van der Waals surface area (Å²) in [4.78, 5) is 16.7. The molecule has 35 heavy (non-hydrogen) atoms. The van der Waals surface area contributed by atoms with Gasteiger partial charge in [-0.3, -0.25) is 9.80 Å². The van der Waals surface area contributed by atoms with Crippen LogP contribution in [0.2, 0.25) is 0 Å². The fourth-order valence-electron chi connectivity index (χ4n) is 5.14. The summed E-state index contributed by atoms with van der Waals surface area (Å²) in [5.41, 5.74) is 2.68. The van der Waals surface area contributed by atoms with Gasteiger partial charge in [0.1, 0.15) is 17.8 Å². The molecule has 6 heteroatoms. The van der Waals surface area contributed by atoms with Crippen LogP contribution in [0, 0.1) is 5.82 Å². The van der Waals surface area contributed by atoms with Crippen LogP contribution in [-0.4, -0.2) is 47.4 Å². The highest BCUT2D eigenvalue weighted by atomic mass is 19.1. The molecule has 2 heterocycles. The Balaban J connectivity index is 1.34. The van der Waals surface area contributed by atoms with Crippen molar-refractivity contribution in [2.75, 3.05) is 26.2 Å². The van der Waals surface area contributed by atoms with Crippen LogP contribution in [0.3, 0.4) is 0 Å². The normalized spacial score (nSPS) is 15.2. The lowest BCUT2D eigenvalue weighted by Crippen LogP contribution is -2.56. The van der Waals surface area contributed by atoms with Gasteiger partial charge >= 0.3 is 0 Å². The number of piperazine rings is 1. The Morgan fingerprint density at radius 3 is 2.06 bits per heavy atom. The average Bonchev–Trinajstić information content (AvgIpc) is 3.37. The molecule has 1 fully saturated rings. The highest BCUT2D eigenvalue weighted by molar-refractivity contribution is 5.59. The number of carbonyl (C=O) groups is 1. The van der Waals surface area contributed by atoms with Crippen molar-refractivity contribution in [2.45, 2.75) is 18.5 Å². The van der Waals surface area contributed by atoms with Crippen molar-refractivity contribution in [3.8, 4) is 11.3 Å². The molecule has 1 aliphatic rings. The summed E-state index contributed by atoms with van der Waals surface area (Å²) >= 11 is 0. The number of rotatable bonds is 8. The van der Waals surface area contributed by atoms with Gasteiger partial charge in [-0.25, -0.2) is 4.39 Å². The van der Waals surface area contributed by atoms with Crippen LogP contribution in [0.4, 0.5) is 4.39 Å². The third-order valence-corrected chi connectivity index (χ3v) is 6.88. The number of hydrogen-bond acceptors (Lipinski definition) is 5. The molecule has 0 aliphatic carbocycles. The maximum Gasteiger partial charge on any atom is 0.151 e. The first-order valence-electron chi connectivity index (χ1n) is 11.9. The molecule has 0 bridgehead atoms. The van der Waals surface area contributed by atoms with Crippen LogP contribution in [0.15, 0.2) is 95.5 Å². The summed E-state index contributed by atoms with van der Waals surface area (Å²) in [5.74, 6) is 0.399. The van der Waals surface area contributed by atoms with Crippen molar-refractivity contribution in [3.05, 3.63) is 114 Å². The minimum Gasteiger partial charge on any atom is -0.359 e. The van der Waals surface area contributed by atoms with E-state index in [1.54, 1.807) is 18.2 Å². The van der Waals surface area contributed by atoms with Crippen LogP contribution < -0.4 is 0 Å². The number of nitrogens with zero attached hydrogens (tertiary/aromatic N) is 3. The van der Waals surface area contributed by atoms with E-state index in [1.165, 1.54) is 6.07 Å². The standard InChI is InChI=1S/C29H28FN3O2/c30-27-14-8-7-13-26(27)28-21-25(35-31-28)22-32-16-18-33(19-17-32)29(15-20-34,23-9-3-1-4-10-23)24-11-5-2-6-12-24/h1-14,20-21H,15-19,22H2. The third-order valence-electron chi connectivity index (χ3n) is 6.88. The molecule has 5 rings (SSSR count). The van der Waals surface area contributed by atoms with E-state index in [0.29, 0.717) is 30.0 Å². The van der Waals surface area contributed by atoms with Crippen LogP contribution in [0.1, 0.15) is 23.3 Å². The van der Waals surface area contributed by atoms with Gasteiger partial charge in [-0.15, -0.1) is 0 Å². The van der Waals surface area contributed by atoms with Crippen molar-refractivity contribution in [3.63, 3.8) is 0 Å². The van der Waals surface area contributed by atoms with E-state index in [1.807, 2.05) is 42.5 Å². The van der Waals surface area contributed by atoms with Crippen molar-refractivity contribution in [1.29, 1.82) is 0 Å². The monoisotopic (exact) mass is 469 g/mol. The number of halogens is 1. The molecule has 0 amide bonds. The van der Waals surface area contributed by atoms with E-state index in [9.17, 15) is 9.18 Å². The maximum atomic E-state index is 14.1. The first kappa shape index (κ1) is 23.1. The number of carbonyl (C=O) groups excluding carboxylic acids is 1. The summed E-state index contributed by atoms with van der Waals surface area (Å²) in [7, 11) is 0. The first-order chi connectivity index (χ1) is 17.2. The fourth-order valence-corrected chi connectivity index (χ4v) is 5.14. The van der Waals surface area contributed by atoms with Crippen molar-refractivity contribution in [1.82, 2.24) is 15.0 Å². The predicted octanol–water partition coefficient (Wildman–Crippen LogP) is 5.13. The molecule has 1 saturated heterocycles. The van der Waals surface area contributed by atoms with Crippen LogP contribution in [0.5, 0.6) is 0 Å². The molecule has 4 aromatic rings. The minimum atomic E-state index is -0.513. The number of hydrogen-bond donors (Lipinski definition) is 0. The van der Waals surface area contributed by atoms with E-state index in [4.69, 9.17) is 4.52 Å². The SMILES string of the molecule is O=CCC(c1ccccc1)(c1ccccc1)N1CCN(Cc2cc(-c3ccccc3F)no2)CC1. The second-order valence-electron chi connectivity index (χ2n) is 8.88. The molecule has 0 atom stereocenters. The summed E-state index contributed by atoms with van der Waals surface area (Å²) in [6, 6.07) is 29.0. The zero-order chi connectivity index (χ0) is 24.1. The second-order valence-corrected chi connectivity index (χ2v) is 8.88. The Morgan fingerprint density at radius 1 is 0.857 bits per heavy atom. The quantitative estimate of drug-likeness (QED) is 0.335. The van der Waals surface area contributed by atoms with E-state index in [-0.39, 0.29) is 5.82 Å². The lowest BCUT2D eigenvalue weighted by atomic mass is 9.78.